The van der Waals surface area contributed by atoms with E-state index in [0.717, 1.165) is 17.7 Å². The SMILES string of the molecule is CCCNC(C)(CCCOc1ccc(CO)cc1)C(=O)O. The van der Waals surface area contributed by atoms with E-state index in [1.54, 1.807) is 31.2 Å². The van der Waals surface area contributed by atoms with Gasteiger partial charge in [-0.2, -0.15) is 0 Å². The zero-order valence-electron chi connectivity index (χ0n) is 12.8. The fraction of sp³-hybridized carbons (Fsp3) is 0.562. The van der Waals surface area contributed by atoms with Gasteiger partial charge in [0.05, 0.1) is 13.2 Å². The molecule has 3 N–H and O–H groups in total. The number of hydrogen-bond acceptors (Lipinski definition) is 4. The highest BCUT2D eigenvalue weighted by Crippen LogP contribution is 2.16. The number of rotatable bonds is 10. The topological polar surface area (TPSA) is 78.8 Å². The fourth-order valence-corrected chi connectivity index (χ4v) is 1.98. The van der Waals surface area contributed by atoms with Crippen LogP contribution >= 0.6 is 0 Å². The van der Waals surface area contributed by atoms with Gasteiger partial charge in [0.2, 0.25) is 0 Å². The molecule has 0 saturated heterocycles. The molecular formula is C16H25NO4. The monoisotopic (exact) mass is 295 g/mol. The van der Waals surface area contributed by atoms with Crippen LogP contribution in [0.1, 0.15) is 38.7 Å². The molecule has 5 nitrogen and oxygen atoms in total. The third-order valence-electron chi connectivity index (χ3n) is 3.43. The van der Waals surface area contributed by atoms with Crippen LogP contribution in [0, 0.1) is 0 Å². The molecule has 118 valence electrons. The molecule has 0 amide bonds. The van der Waals surface area contributed by atoms with Crippen LogP contribution < -0.4 is 10.1 Å². The van der Waals surface area contributed by atoms with E-state index < -0.39 is 11.5 Å². The van der Waals surface area contributed by atoms with Gasteiger partial charge in [-0.15, -0.1) is 0 Å². The van der Waals surface area contributed by atoms with Crippen molar-refractivity contribution < 1.29 is 19.7 Å². The van der Waals surface area contributed by atoms with Crippen molar-refractivity contribution in [2.24, 2.45) is 0 Å². The number of hydrogen-bond donors (Lipinski definition) is 3. The van der Waals surface area contributed by atoms with Crippen molar-refractivity contribution in [1.82, 2.24) is 5.32 Å². The highest BCUT2D eigenvalue weighted by atomic mass is 16.5. The van der Waals surface area contributed by atoms with Crippen molar-refractivity contribution in [3.05, 3.63) is 29.8 Å². The van der Waals surface area contributed by atoms with Crippen molar-refractivity contribution >= 4 is 5.97 Å². The first-order valence-electron chi connectivity index (χ1n) is 7.33. The van der Waals surface area contributed by atoms with Crippen LogP contribution in [-0.4, -0.2) is 34.9 Å². The second-order valence-electron chi connectivity index (χ2n) is 5.32. The molecule has 0 aliphatic carbocycles. The zero-order valence-corrected chi connectivity index (χ0v) is 12.8. The normalized spacial score (nSPS) is 13.7. The van der Waals surface area contributed by atoms with Crippen molar-refractivity contribution in [1.29, 1.82) is 0 Å². The first-order chi connectivity index (χ1) is 10.0. The number of carbonyl (C=O) groups is 1. The van der Waals surface area contributed by atoms with Gasteiger partial charge in [0.15, 0.2) is 0 Å². The van der Waals surface area contributed by atoms with Crippen LogP contribution in [0.25, 0.3) is 0 Å². The summed E-state index contributed by atoms with van der Waals surface area (Å²) in [5.41, 5.74) is -0.0651. The molecular weight excluding hydrogens is 270 g/mol. The van der Waals surface area contributed by atoms with E-state index in [9.17, 15) is 9.90 Å². The first-order valence-corrected chi connectivity index (χ1v) is 7.33. The van der Waals surface area contributed by atoms with Crippen molar-refractivity contribution in [3.8, 4) is 5.75 Å². The van der Waals surface area contributed by atoms with E-state index >= 15 is 0 Å². The van der Waals surface area contributed by atoms with E-state index in [0.29, 0.717) is 26.0 Å². The second-order valence-corrected chi connectivity index (χ2v) is 5.32. The van der Waals surface area contributed by atoms with Crippen LogP contribution in [-0.2, 0) is 11.4 Å². The predicted octanol–water partition coefficient (Wildman–Crippen LogP) is 2.18. The molecule has 0 bridgehead atoms. The number of benzene rings is 1. The summed E-state index contributed by atoms with van der Waals surface area (Å²) in [5.74, 6) is -0.103. The molecule has 1 aromatic rings. The van der Waals surface area contributed by atoms with Crippen molar-refractivity contribution in [2.45, 2.75) is 45.3 Å². The molecule has 21 heavy (non-hydrogen) atoms. The number of aliphatic hydroxyl groups is 1. The lowest BCUT2D eigenvalue weighted by Gasteiger charge is -2.26. The van der Waals surface area contributed by atoms with Gasteiger partial charge in [-0.05, 0) is 50.4 Å². The van der Waals surface area contributed by atoms with Crippen LogP contribution in [0.15, 0.2) is 24.3 Å². The van der Waals surface area contributed by atoms with E-state index in [4.69, 9.17) is 9.84 Å². The van der Waals surface area contributed by atoms with Crippen molar-refractivity contribution in [2.75, 3.05) is 13.2 Å². The van der Waals surface area contributed by atoms with Crippen LogP contribution in [0.2, 0.25) is 0 Å². The summed E-state index contributed by atoms with van der Waals surface area (Å²) in [6.07, 6.45) is 2.06. The number of aliphatic hydroxyl groups excluding tert-OH is 1. The zero-order chi connectivity index (χ0) is 15.7. The average molecular weight is 295 g/mol. The number of ether oxygens (including phenoxy) is 1. The Morgan fingerprint density at radius 2 is 2.00 bits per heavy atom. The summed E-state index contributed by atoms with van der Waals surface area (Å²) in [6.45, 7) is 4.89. The molecule has 0 saturated carbocycles. The fourth-order valence-electron chi connectivity index (χ4n) is 1.98. The van der Waals surface area contributed by atoms with Gasteiger partial charge < -0.3 is 20.3 Å². The maximum absolute atomic E-state index is 11.3. The predicted molar refractivity (Wildman–Crippen MR) is 81.4 cm³/mol. The van der Waals surface area contributed by atoms with Crippen molar-refractivity contribution in [3.63, 3.8) is 0 Å². The van der Waals surface area contributed by atoms with Gasteiger partial charge in [0.1, 0.15) is 11.3 Å². The van der Waals surface area contributed by atoms with Crippen LogP contribution in [0.4, 0.5) is 0 Å². The van der Waals surface area contributed by atoms with E-state index in [1.165, 1.54) is 0 Å². The van der Waals surface area contributed by atoms with Gasteiger partial charge in [-0.25, -0.2) is 0 Å². The number of carboxylic acids is 1. The molecule has 0 heterocycles. The summed E-state index contributed by atoms with van der Waals surface area (Å²) in [7, 11) is 0. The molecule has 0 aromatic heterocycles. The highest BCUT2D eigenvalue weighted by Gasteiger charge is 2.31. The maximum atomic E-state index is 11.3. The molecule has 1 atom stereocenters. The summed E-state index contributed by atoms with van der Waals surface area (Å²) < 4.78 is 5.58. The quantitative estimate of drug-likeness (QED) is 0.577. The minimum Gasteiger partial charge on any atom is -0.494 e. The lowest BCUT2D eigenvalue weighted by molar-refractivity contribution is -0.144. The Morgan fingerprint density at radius 3 is 2.52 bits per heavy atom. The van der Waals surface area contributed by atoms with E-state index in [-0.39, 0.29) is 6.61 Å². The third kappa shape index (κ3) is 5.73. The maximum Gasteiger partial charge on any atom is 0.323 e. The Bertz CT molecular complexity index is 432. The minimum absolute atomic E-state index is 0.0142. The van der Waals surface area contributed by atoms with Gasteiger partial charge in [-0.1, -0.05) is 19.1 Å². The number of carboxylic acid groups (broad SMARTS) is 1. The van der Waals surface area contributed by atoms with Crippen LogP contribution in [0.5, 0.6) is 5.75 Å². The summed E-state index contributed by atoms with van der Waals surface area (Å²) in [4.78, 5) is 11.3. The average Bonchev–Trinajstić information content (AvgIpc) is 2.50. The molecule has 0 fully saturated rings. The molecule has 1 unspecified atom stereocenters. The Morgan fingerprint density at radius 1 is 1.33 bits per heavy atom. The molecule has 0 aliphatic heterocycles. The Balaban J connectivity index is 2.38. The Kier molecular flexibility index (Phi) is 7.19. The lowest BCUT2D eigenvalue weighted by Crippen LogP contribution is -2.49. The molecule has 1 rings (SSSR count). The molecule has 1 aromatic carbocycles. The molecule has 0 radical (unpaired) electrons. The minimum atomic E-state index is -0.903. The molecule has 5 heteroatoms. The van der Waals surface area contributed by atoms with Crippen LogP contribution in [0.3, 0.4) is 0 Å². The van der Waals surface area contributed by atoms with Gasteiger partial charge in [0.25, 0.3) is 0 Å². The third-order valence-corrected chi connectivity index (χ3v) is 3.43. The Labute approximate surface area is 125 Å². The van der Waals surface area contributed by atoms with Gasteiger partial charge >= 0.3 is 5.97 Å². The number of aliphatic carboxylic acids is 1. The Hall–Kier alpha value is -1.59. The van der Waals surface area contributed by atoms with E-state index in [2.05, 4.69) is 5.32 Å². The number of nitrogens with one attached hydrogen (secondary N) is 1. The smallest absolute Gasteiger partial charge is 0.323 e. The van der Waals surface area contributed by atoms with Gasteiger partial charge in [-0.3, -0.25) is 4.79 Å². The van der Waals surface area contributed by atoms with E-state index in [1.807, 2.05) is 6.92 Å². The standard InChI is InChI=1S/C16H25NO4/c1-3-10-17-16(2,15(19)20)9-4-11-21-14-7-5-13(12-18)6-8-14/h5-8,17-18H,3-4,9-12H2,1-2H3,(H,19,20). The lowest BCUT2D eigenvalue weighted by atomic mass is 9.96. The molecule has 0 spiro atoms. The van der Waals surface area contributed by atoms with Gasteiger partial charge in [0, 0.05) is 0 Å². The highest BCUT2D eigenvalue weighted by molar-refractivity contribution is 5.78. The largest absolute Gasteiger partial charge is 0.494 e. The summed E-state index contributed by atoms with van der Waals surface area (Å²) >= 11 is 0. The summed E-state index contributed by atoms with van der Waals surface area (Å²) in [5, 5.41) is 21.3. The first kappa shape index (κ1) is 17.5. The summed E-state index contributed by atoms with van der Waals surface area (Å²) in [6, 6.07) is 7.22. The second kappa shape index (κ2) is 8.64. The molecule has 0 aliphatic rings.